The van der Waals surface area contributed by atoms with E-state index in [2.05, 4.69) is 58.7 Å². The average Bonchev–Trinajstić information content (AvgIpc) is 2.92. The Balaban J connectivity index is 1.27. The van der Waals surface area contributed by atoms with Gasteiger partial charge in [-0.2, -0.15) is 0 Å². The van der Waals surface area contributed by atoms with Gasteiger partial charge in [0.25, 0.3) is 5.56 Å². The van der Waals surface area contributed by atoms with Crippen molar-refractivity contribution < 1.29 is 4.74 Å². The number of ether oxygens (including phenoxy) is 1. The Kier molecular flexibility index (Phi) is 8.32. The second-order valence-corrected chi connectivity index (χ2v) is 11.4. The van der Waals surface area contributed by atoms with Gasteiger partial charge in [0, 0.05) is 25.0 Å². The summed E-state index contributed by atoms with van der Waals surface area (Å²) < 4.78 is 6.04. The number of fused-ring (bicyclic) bond motifs is 1. The first-order valence-electron chi connectivity index (χ1n) is 13.7. The lowest BCUT2D eigenvalue weighted by Gasteiger charge is -2.35. The van der Waals surface area contributed by atoms with Crippen LogP contribution >= 0.6 is 11.6 Å². The summed E-state index contributed by atoms with van der Waals surface area (Å²) in [6.07, 6.45) is 13.6. The highest BCUT2D eigenvalue weighted by Gasteiger charge is 2.23. The molecule has 1 fully saturated rings. The molecule has 2 aromatic heterocycles. The van der Waals surface area contributed by atoms with Crippen molar-refractivity contribution in [2.45, 2.75) is 83.6 Å². The minimum Gasteiger partial charge on any atom is -0.486 e. The first-order chi connectivity index (χ1) is 18.4. The van der Waals surface area contributed by atoms with Gasteiger partial charge in [0.15, 0.2) is 0 Å². The van der Waals surface area contributed by atoms with Crippen LogP contribution in [-0.4, -0.2) is 21.7 Å². The van der Waals surface area contributed by atoms with Crippen LogP contribution in [0.4, 0.5) is 0 Å². The highest BCUT2D eigenvalue weighted by atomic mass is 35.5. The van der Waals surface area contributed by atoms with Crippen molar-refractivity contribution in [3.8, 4) is 5.75 Å². The number of benzene rings is 1. The summed E-state index contributed by atoms with van der Waals surface area (Å²) in [6, 6.07) is 12.7. The summed E-state index contributed by atoms with van der Waals surface area (Å²) in [5.41, 5.74) is 5.81. The molecule has 6 nitrogen and oxygen atoms in total. The summed E-state index contributed by atoms with van der Waals surface area (Å²) in [5.74, 6) is 0.564. The standard InChI is InChI=1S/C31H37ClN4O2/c1-31(2,36-26-6-4-3-5-7-26)35-18-21-8-9-23-17-24(11-10-22(23)16-21)29-28(14-15-33-30(29)37)38-20-27-13-12-25(32)19-34-27/h8-9,12-17,19,26,35-36H,3-7,10-11,18,20H2,1-2H3,(H,33,37). The monoisotopic (exact) mass is 532 g/mol. The molecule has 3 aromatic rings. The fourth-order valence-corrected chi connectivity index (χ4v) is 5.62. The lowest BCUT2D eigenvalue weighted by molar-refractivity contribution is 0.237. The van der Waals surface area contributed by atoms with Crippen LogP contribution < -0.4 is 20.9 Å². The second kappa shape index (κ2) is 11.9. The largest absolute Gasteiger partial charge is 0.486 e. The highest BCUT2D eigenvalue weighted by Crippen LogP contribution is 2.33. The number of rotatable bonds is 9. The van der Waals surface area contributed by atoms with Crippen LogP contribution in [0.1, 0.15) is 80.3 Å². The molecule has 2 aliphatic rings. The van der Waals surface area contributed by atoms with Crippen molar-refractivity contribution in [3.05, 3.63) is 92.1 Å². The number of aromatic nitrogens is 2. The number of hydrogen-bond donors (Lipinski definition) is 3. The Hall–Kier alpha value is -2.93. The Morgan fingerprint density at radius 3 is 2.74 bits per heavy atom. The Labute approximate surface area is 229 Å². The molecule has 0 unspecified atom stereocenters. The molecular formula is C31H37ClN4O2. The predicted octanol–water partition coefficient (Wildman–Crippen LogP) is 6.24. The van der Waals surface area contributed by atoms with Gasteiger partial charge in [-0.05, 0) is 80.0 Å². The molecule has 7 heteroatoms. The van der Waals surface area contributed by atoms with E-state index in [0.29, 0.717) is 22.4 Å². The van der Waals surface area contributed by atoms with Gasteiger partial charge in [-0.1, -0.05) is 55.1 Å². The SMILES string of the molecule is CC(C)(NCc1ccc2c(c1)CCC(c1c(OCc3ccc(Cl)cn3)cc[nH]c1=O)=C2)NC1CCCCC1. The summed E-state index contributed by atoms with van der Waals surface area (Å²) in [5, 5.41) is 8.10. The van der Waals surface area contributed by atoms with E-state index in [-0.39, 0.29) is 17.8 Å². The number of halogens is 1. The predicted molar refractivity (Wildman–Crippen MR) is 154 cm³/mol. The minimum atomic E-state index is -0.144. The zero-order valence-corrected chi connectivity index (χ0v) is 23.0. The zero-order chi connectivity index (χ0) is 26.5. The fourth-order valence-electron chi connectivity index (χ4n) is 5.51. The third-order valence-electron chi connectivity index (χ3n) is 7.51. The topological polar surface area (TPSA) is 79.0 Å². The first-order valence-corrected chi connectivity index (χ1v) is 14.0. The highest BCUT2D eigenvalue weighted by molar-refractivity contribution is 6.30. The van der Waals surface area contributed by atoms with Crippen LogP contribution in [0.5, 0.6) is 5.75 Å². The summed E-state index contributed by atoms with van der Waals surface area (Å²) >= 11 is 5.94. The normalized spacial score (nSPS) is 16.1. The van der Waals surface area contributed by atoms with E-state index in [0.717, 1.165) is 36.2 Å². The van der Waals surface area contributed by atoms with Crippen molar-refractivity contribution in [2.24, 2.45) is 0 Å². The third kappa shape index (κ3) is 6.73. The number of aryl methyl sites for hydroxylation is 1. The molecule has 5 rings (SSSR count). The van der Waals surface area contributed by atoms with Crippen LogP contribution in [-0.2, 0) is 19.6 Å². The molecule has 0 aliphatic heterocycles. The molecule has 1 aromatic carbocycles. The molecule has 200 valence electrons. The van der Waals surface area contributed by atoms with Gasteiger partial charge in [0.2, 0.25) is 0 Å². The van der Waals surface area contributed by atoms with Crippen molar-refractivity contribution >= 4 is 23.3 Å². The lowest BCUT2D eigenvalue weighted by Crippen LogP contribution is -2.55. The van der Waals surface area contributed by atoms with E-state index >= 15 is 0 Å². The van der Waals surface area contributed by atoms with Crippen LogP contribution in [0.15, 0.2) is 53.6 Å². The maximum atomic E-state index is 12.9. The average molecular weight is 533 g/mol. The molecule has 0 atom stereocenters. The molecule has 1 saturated carbocycles. The molecule has 0 spiro atoms. The quantitative estimate of drug-likeness (QED) is 0.284. The van der Waals surface area contributed by atoms with Gasteiger partial charge in [-0.25, -0.2) is 0 Å². The van der Waals surface area contributed by atoms with Crippen molar-refractivity contribution in [1.82, 2.24) is 20.6 Å². The molecule has 0 radical (unpaired) electrons. The summed E-state index contributed by atoms with van der Waals surface area (Å²) in [4.78, 5) is 20.0. The number of aromatic amines is 1. The van der Waals surface area contributed by atoms with Gasteiger partial charge in [-0.15, -0.1) is 0 Å². The van der Waals surface area contributed by atoms with Crippen molar-refractivity contribution in [3.63, 3.8) is 0 Å². The molecule has 0 amide bonds. The van der Waals surface area contributed by atoms with Crippen LogP contribution in [0.25, 0.3) is 11.6 Å². The van der Waals surface area contributed by atoms with Crippen LogP contribution in [0.3, 0.4) is 0 Å². The maximum Gasteiger partial charge on any atom is 0.259 e. The number of nitrogens with zero attached hydrogens (tertiary/aromatic N) is 1. The van der Waals surface area contributed by atoms with Crippen molar-refractivity contribution in [1.29, 1.82) is 0 Å². The first kappa shape index (κ1) is 26.7. The van der Waals surface area contributed by atoms with E-state index in [9.17, 15) is 4.79 Å². The Bertz CT molecular complexity index is 1340. The number of allylic oxidation sites excluding steroid dienone is 1. The molecule has 3 N–H and O–H groups in total. The fraction of sp³-hybridized carbons (Fsp3) is 0.419. The van der Waals surface area contributed by atoms with Gasteiger partial charge in [-0.3, -0.25) is 20.4 Å². The second-order valence-electron chi connectivity index (χ2n) is 11.0. The number of hydrogen-bond acceptors (Lipinski definition) is 5. The Morgan fingerprint density at radius 1 is 1.11 bits per heavy atom. The van der Waals surface area contributed by atoms with Gasteiger partial charge in [0.05, 0.1) is 21.9 Å². The van der Waals surface area contributed by atoms with Gasteiger partial charge >= 0.3 is 0 Å². The number of nitrogens with one attached hydrogen (secondary N) is 3. The smallest absolute Gasteiger partial charge is 0.259 e. The summed E-state index contributed by atoms with van der Waals surface area (Å²) in [7, 11) is 0. The lowest BCUT2D eigenvalue weighted by atomic mass is 9.88. The van der Waals surface area contributed by atoms with E-state index in [1.165, 1.54) is 43.2 Å². The molecule has 0 bridgehead atoms. The maximum absolute atomic E-state index is 12.9. The van der Waals surface area contributed by atoms with E-state index in [4.69, 9.17) is 16.3 Å². The number of H-pyrrole nitrogens is 1. The van der Waals surface area contributed by atoms with Gasteiger partial charge in [0.1, 0.15) is 12.4 Å². The minimum absolute atomic E-state index is 0.114. The van der Waals surface area contributed by atoms with Crippen LogP contribution in [0, 0.1) is 0 Å². The zero-order valence-electron chi connectivity index (χ0n) is 22.3. The van der Waals surface area contributed by atoms with Crippen molar-refractivity contribution in [2.75, 3.05) is 0 Å². The molecule has 38 heavy (non-hydrogen) atoms. The van der Waals surface area contributed by atoms with Crippen LogP contribution in [0.2, 0.25) is 5.02 Å². The molecular weight excluding hydrogens is 496 g/mol. The molecule has 0 saturated heterocycles. The molecule has 2 heterocycles. The summed E-state index contributed by atoms with van der Waals surface area (Å²) in [6.45, 7) is 5.54. The van der Waals surface area contributed by atoms with E-state index in [1.807, 2.05) is 6.07 Å². The molecule has 2 aliphatic carbocycles. The van der Waals surface area contributed by atoms with E-state index < -0.39 is 0 Å². The van der Waals surface area contributed by atoms with E-state index in [1.54, 1.807) is 24.5 Å². The number of pyridine rings is 2. The third-order valence-corrected chi connectivity index (χ3v) is 7.74. The van der Waals surface area contributed by atoms with Gasteiger partial charge < -0.3 is 9.72 Å². The Morgan fingerprint density at radius 2 is 1.95 bits per heavy atom.